The molecule has 0 radical (unpaired) electrons. The molecular weight excluding hydrogens is 309 g/mol. The summed E-state index contributed by atoms with van der Waals surface area (Å²) in [5.41, 5.74) is 12.6. The molecule has 1 heterocycles. The minimum absolute atomic E-state index is 0.157. The Bertz CT molecular complexity index is 550. The molecule has 5 nitrogen and oxygen atoms in total. The maximum absolute atomic E-state index is 6.08. The molecule has 0 amide bonds. The first-order valence-corrected chi connectivity index (χ1v) is 7.65. The number of guanidine groups is 2. The molecule has 1 aliphatic heterocycles. The number of benzene rings is 1. The second kappa shape index (κ2) is 7.52. The van der Waals surface area contributed by atoms with Crippen LogP contribution in [0.2, 0.25) is 10.0 Å². The molecule has 0 bridgehead atoms. The SMILES string of the molecule is NC(=NCc1ccc(Cl)cc1Cl)/N=C(\N)N1CCCCC1. The van der Waals surface area contributed by atoms with Crippen molar-refractivity contribution in [2.45, 2.75) is 25.8 Å². The van der Waals surface area contributed by atoms with E-state index in [0.29, 0.717) is 22.5 Å². The highest BCUT2D eigenvalue weighted by molar-refractivity contribution is 6.35. The van der Waals surface area contributed by atoms with Gasteiger partial charge in [-0.15, -0.1) is 0 Å². The Labute approximate surface area is 134 Å². The number of halogens is 2. The van der Waals surface area contributed by atoms with Crippen molar-refractivity contribution in [2.75, 3.05) is 13.1 Å². The first kappa shape index (κ1) is 15.9. The molecule has 7 heteroatoms. The summed E-state index contributed by atoms with van der Waals surface area (Å²) in [6.45, 7) is 2.19. The number of nitrogens with zero attached hydrogens (tertiary/aromatic N) is 3. The Morgan fingerprint density at radius 2 is 1.86 bits per heavy atom. The number of aliphatic imine (C=N–C) groups is 2. The number of hydrogen-bond donors (Lipinski definition) is 2. The van der Waals surface area contributed by atoms with Crippen molar-refractivity contribution in [2.24, 2.45) is 21.5 Å². The van der Waals surface area contributed by atoms with Gasteiger partial charge in [0.2, 0.25) is 5.96 Å². The predicted molar refractivity (Wildman–Crippen MR) is 88.8 cm³/mol. The summed E-state index contributed by atoms with van der Waals surface area (Å²) in [5, 5.41) is 1.15. The van der Waals surface area contributed by atoms with E-state index in [2.05, 4.69) is 9.98 Å². The van der Waals surface area contributed by atoms with Gasteiger partial charge < -0.3 is 16.4 Å². The van der Waals surface area contributed by atoms with Crippen LogP contribution in [-0.2, 0) is 6.54 Å². The molecule has 1 saturated heterocycles. The minimum atomic E-state index is 0.157. The molecule has 2 rings (SSSR count). The second-order valence-electron chi connectivity index (χ2n) is 4.93. The maximum Gasteiger partial charge on any atom is 0.218 e. The van der Waals surface area contributed by atoms with Gasteiger partial charge >= 0.3 is 0 Å². The van der Waals surface area contributed by atoms with Gasteiger partial charge in [0.1, 0.15) is 0 Å². The fourth-order valence-electron chi connectivity index (χ4n) is 2.16. The van der Waals surface area contributed by atoms with Gasteiger partial charge in [0.15, 0.2) is 5.96 Å². The normalized spacial score (nSPS) is 17.1. The standard InChI is InChI=1S/C14H19Cl2N5/c15-11-5-4-10(12(16)8-11)9-19-13(17)20-14(18)21-6-2-1-3-7-21/h4-5,8H,1-3,6-7,9H2,(H4,17,18,19,20). The van der Waals surface area contributed by atoms with Crippen molar-refractivity contribution < 1.29 is 0 Å². The van der Waals surface area contributed by atoms with Crippen molar-refractivity contribution >= 4 is 35.1 Å². The van der Waals surface area contributed by atoms with Crippen LogP contribution in [0.3, 0.4) is 0 Å². The summed E-state index contributed by atoms with van der Waals surface area (Å²) >= 11 is 11.9. The lowest BCUT2D eigenvalue weighted by Crippen LogP contribution is -2.41. The smallest absolute Gasteiger partial charge is 0.218 e. The Morgan fingerprint density at radius 3 is 2.52 bits per heavy atom. The molecule has 21 heavy (non-hydrogen) atoms. The van der Waals surface area contributed by atoms with Crippen molar-refractivity contribution in [3.05, 3.63) is 33.8 Å². The highest BCUT2D eigenvalue weighted by Gasteiger charge is 2.12. The average molecular weight is 328 g/mol. The van der Waals surface area contributed by atoms with E-state index in [1.165, 1.54) is 6.42 Å². The lowest BCUT2D eigenvalue weighted by atomic mass is 10.1. The fraction of sp³-hybridized carbons (Fsp3) is 0.429. The summed E-state index contributed by atoms with van der Waals surface area (Å²) in [4.78, 5) is 10.4. The fourth-order valence-corrected chi connectivity index (χ4v) is 2.63. The molecule has 0 saturated carbocycles. The summed E-state index contributed by atoms with van der Waals surface area (Å²) in [7, 11) is 0. The molecule has 114 valence electrons. The van der Waals surface area contributed by atoms with Gasteiger partial charge in [0.25, 0.3) is 0 Å². The van der Waals surface area contributed by atoms with Crippen LogP contribution in [0.15, 0.2) is 28.2 Å². The van der Waals surface area contributed by atoms with Gasteiger partial charge in [-0.2, -0.15) is 4.99 Å². The largest absolute Gasteiger partial charge is 0.369 e. The lowest BCUT2D eigenvalue weighted by molar-refractivity contribution is 0.339. The first-order chi connectivity index (χ1) is 10.1. The van der Waals surface area contributed by atoms with Crippen LogP contribution in [0.5, 0.6) is 0 Å². The lowest BCUT2D eigenvalue weighted by Gasteiger charge is -2.27. The van der Waals surface area contributed by atoms with Crippen LogP contribution >= 0.6 is 23.2 Å². The predicted octanol–water partition coefficient (Wildman–Crippen LogP) is 2.61. The summed E-state index contributed by atoms with van der Waals surface area (Å²) in [6.07, 6.45) is 3.50. The van der Waals surface area contributed by atoms with Crippen LogP contribution in [0.4, 0.5) is 0 Å². The van der Waals surface area contributed by atoms with E-state index in [-0.39, 0.29) is 5.96 Å². The van der Waals surface area contributed by atoms with E-state index in [1.54, 1.807) is 12.1 Å². The van der Waals surface area contributed by atoms with Gasteiger partial charge in [-0.25, -0.2) is 4.99 Å². The van der Waals surface area contributed by atoms with E-state index in [4.69, 9.17) is 34.7 Å². The zero-order valence-electron chi connectivity index (χ0n) is 11.7. The molecule has 4 N–H and O–H groups in total. The molecule has 0 atom stereocenters. The minimum Gasteiger partial charge on any atom is -0.369 e. The van der Waals surface area contributed by atoms with Crippen LogP contribution in [-0.4, -0.2) is 29.9 Å². The Hall–Kier alpha value is -1.46. The number of nitrogens with two attached hydrogens (primary N) is 2. The monoisotopic (exact) mass is 327 g/mol. The third-order valence-electron chi connectivity index (χ3n) is 3.34. The van der Waals surface area contributed by atoms with Crippen molar-refractivity contribution in [1.82, 2.24) is 4.90 Å². The topological polar surface area (TPSA) is 80.0 Å². The maximum atomic E-state index is 6.08. The molecule has 1 fully saturated rings. The molecule has 0 aliphatic carbocycles. The van der Waals surface area contributed by atoms with Crippen LogP contribution in [0, 0.1) is 0 Å². The van der Waals surface area contributed by atoms with Crippen molar-refractivity contribution in [3.63, 3.8) is 0 Å². The van der Waals surface area contributed by atoms with Gasteiger partial charge in [-0.1, -0.05) is 29.3 Å². The average Bonchev–Trinajstić information content (AvgIpc) is 2.47. The summed E-state index contributed by atoms with van der Waals surface area (Å²) in [5.74, 6) is 0.585. The van der Waals surface area contributed by atoms with E-state index in [1.807, 2.05) is 11.0 Å². The molecule has 1 aliphatic rings. The Balaban J connectivity index is 1.99. The molecule has 1 aromatic rings. The second-order valence-corrected chi connectivity index (χ2v) is 5.77. The number of piperidine rings is 1. The third-order valence-corrected chi connectivity index (χ3v) is 3.92. The zero-order chi connectivity index (χ0) is 15.2. The van der Waals surface area contributed by atoms with Crippen LogP contribution in [0.25, 0.3) is 0 Å². The highest BCUT2D eigenvalue weighted by atomic mass is 35.5. The quantitative estimate of drug-likeness (QED) is 0.647. The van der Waals surface area contributed by atoms with E-state index in [0.717, 1.165) is 31.5 Å². The number of rotatable bonds is 2. The molecule has 0 aromatic heterocycles. The molecule has 0 unspecified atom stereocenters. The van der Waals surface area contributed by atoms with Gasteiger partial charge in [0.05, 0.1) is 6.54 Å². The van der Waals surface area contributed by atoms with Gasteiger partial charge in [-0.05, 0) is 37.0 Å². The summed E-state index contributed by atoms with van der Waals surface area (Å²) in [6, 6.07) is 5.26. The Morgan fingerprint density at radius 1 is 1.14 bits per heavy atom. The van der Waals surface area contributed by atoms with E-state index in [9.17, 15) is 0 Å². The third kappa shape index (κ3) is 4.79. The number of likely N-dealkylation sites (tertiary alicyclic amines) is 1. The van der Waals surface area contributed by atoms with Crippen LogP contribution in [0.1, 0.15) is 24.8 Å². The van der Waals surface area contributed by atoms with Crippen LogP contribution < -0.4 is 11.5 Å². The Kier molecular flexibility index (Phi) is 5.70. The molecular formula is C14H19Cl2N5. The molecule has 0 spiro atoms. The van der Waals surface area contributed by atoms with Crippen molar-refractivity contribution in [1.29, 1.82) is 0 Å². The zero-order valence-corrected chi connectivity index (χ0v) is 13.2. The van der Waals surface area contributed by atoms with Gasteiger partial charge in [-0.3, -0.25) is 0 Å². The number of hydrogen-bond acceptors (Lipinski definition) is 1. The molecule has 1 aromatic carbocycles. The van der Waals surface area contributed by atoms with E-state index >= 15 is 0 Å². The summed E-state index contributed by atoms with van der Waals surface area (Å²) < 4.78 is 0. The first-order valence-electron chi connectivity index (χ1n) is 6.89. The van der Waals surface area contributed by atoms with Crippen molar-refractivity contribution in [3.8, 4) is 0 Å². The van der Waals surface area contributed by atoms with Gasteiger partial charge in [0, 0.05) is 23.1 Å². The van der Waals surface area contributed by atoms with E-state index < -0.39 is 0 Å². The highest BCUT2D eigenvalue weighted by Crippen LogP contribution is 2.21.